The zero-order valence-electron chi connectivity index (χ0n) is 11.7. The summed E-state index contributed by atoms with van der Waals surface area (Å²) in [6, 6.07) is 5.56. The Hall–Kier alpha value is -1.30. The molecule has 0 aromatic heterocycles. The molecule has 5 heteroatoms. The number of rotatable bonds is 6. The minimum Gasteiger partial charge on any atom is -0.493 e. The number of benzene rings is 1. The van der Waals surface area contributed by atoms with Crippen LogP contribution in [0.4, 0.5) is 0 Å². The van der Waals surface area contributed by atoms with Crippen LogP contribution in [0, 0.1) is 0 Å². The van der Waals surface area contributed by atoms with Gasteiger partial charge in [0, 0.05) is 19.6 Å². The van der Waals surface area contributed by atoms with E-state index in [2.05, 4.69) is 17.3 Å². The minimum atomic E-state index is -0.540. The van der Waals surface area contributed by atoms with Crippen LogP contribution in [0.3, 0.4) is 0 Å². The fourth-order valence-corrected chi connectivity index (χ4v) is 2.20. The first-order valence-corrected chi connectivity index (χ1v) is 6.50. The van der Waals surface area contributed by atoms with Gasteiger partial charge in [-0.15, -0.1) is 0 Å². The molecule has 1 unspecified atom stereocenters. The van der Waals surface area contributed by atoms with Gasteiger partial charge in [0.05, 0.1) is 13.2 Å². The van der Waals surface area contributed by atoms with Crippen LogP contribution in [0.5, 0.6) is 11.5 Å². The largest absolute Gasteiger partial charge is 0.493 e. The van der Waals surface area contributed by atoms with Crippen molar-refractivity contribution < 1.29 is 14.6 Å². The highest BCUT2D eigenvalue weighted by molar-refractivity contribution is 5.44. The van der Waals surface area contributed by atoms with Crippen molar-refractivity contribution in [3.05, 3.63) is 23.8 Å². The summed E-state index contributed by atoms with van der Waals surface area (Å²) in [5, 5.41) is 12.9. The van der Waals surface area contributed by atoms with E-state index in [-0.39, 0.29) is 6.10 Å². The van der Waals surface area contributed by atoms with Crippen LogP contribution < -0.4 is 14.8 Å². The fourth-order valence-electron chi connectivity index (χ4n) is 2.20. The summed E-state index contributed by atoms with van der Waals surface area (Å²) >= 11 is 0. The third-order valence-corrected chi connectivity index (χ3v) is 3.29. The molecule has 1 aromatic carbocycles. The second-order valence-electron chi connectivity index (χ2n) is 4.94. The standard InChI is InChI=1S/C14H22N2O3/c1-15-7-12(17)10-4-5-13(18-3)14(6-10)19-11-8-16(2)9-11/h4-6,11-12,15,17H,7-9H2,1-3H3. The highest BCUT2D eigenvalue weighted by atomic mass is 16.5. The van der Waals surface area contributed by atoms with Crippen molar-refractivity contribution in [1.82, 2.24) is 10.2 Å². The summed E-state index contributed by atoms with van der Waals surface area (Å²) in [5.41, 5.74) is 0.831. The molecule has 106 valence electrons. The highest BCUT2D eigenvalue weighted by Crippen LogP contribution is 2.32. The number of ether oxygens (including phenoxy) is 2. The van der Waals surface area contributed by atoms with Gasteiger partial charge >= 0.3 is 0 Å². The van der Waals surface area contributed by atoms with Crippen molar-refractivity contribution in [3.8, 4) is 11.5 Å². The first-order valence-electron chi connectivity index (χ1n) is 6.50. The lowest BCUT2D eigenvalue weighted by Gasteiger charge is -2.36. The molecule has 0 amide bonds. The Morgan fingerprint density at radius 1 is 1.42 bits per heavy atom. The summed E-state index contributed by atoms with van der Waals surface area (Å²) in [7, 11) is 5.50. The molecule has 5 nitrogen and oxygen atoms in total. The molecular weight excluding hydrogens is 244 g/mol. The molecule has 1 heterocycles. The Kier molecular flexibility index (Phi) is 4.63. The Morgan fingerprint density at radius 2 is 2.16 bits per heavy atom. The second kappa shape index (κ2) is 6.23. The first-order chi connectivity index (χ1) is 9.13. The molecule has 2 rings (SSSR count). The maximum atomic E-state index is 9.99. The van der Waals surface area contributed by atoms with Crippen LogP contribution in [0.2, 0.25) is 0 Å². The number of likely N-dealkylation sites (tertiary alicyclic amines) is 1. The summed E-state index contributed by atoms with van der Waals surface area (Å²) in [6.07, 6.45) is -0.335. The normalized spacial score (nSPS) is 17.9. The Bertz CT molecular complexity index is 419. The van der Waals surface area contributed by atoms with Crippen molar-refractivity contribution in [1.29, 1.82) is 0 Å². The Balaban J connectivity index is 2.11. The lowest BCUT2D eigenvalue weighted by atomic mass is 10.1. The SMILES string of the molecule is CNCC(O)c1ccc(OC)c(OC2CN(C)C2)c1. The lowest BCUT2D eigenvalue weighted by Crippen LogP contribution is -2.51. The van der Waals surface area contributed by atoms with E-state index in [1.165, 1.54) is 0 Å². The smallest absolute Gasteiger partial charge is 0.162 e. The van der Waals surface area contributed by atoms with E-state index in [0.717, 1.165) is 18.7 Å². The van der Waals surface area contributed by atoms with Crippen LogP contribution >= 0.6 is 0 Å². The van der Waals surface area contributed by atoms with E-state index >= 15 is 0 Å². The second-order valence-corrected chi connectivity index (χ2v) is 4.94. The van der Waals surface area contributed by atoms with Crippen LogP contribution in [0.25, 0.3) is 0 Å². The van der Waals surface area contributed by atoms with Crippen LogP contribution in [-0.2, 0) is 0 Å². The Morgan fingerprint density at radius 3 is 2.74 bits per heavy atom. The summed E-state index contributed by atoms with van der Waals surface area (Å²) < 4.78 is 11.2. The molecule has 1 saturated heterocycles. The minimum absolute atomic E-state index is 0.204. The predicted octanol–water partition coefficient (Wildman–Crippen LogP) is 0.641. The molecule has 0 saturated carbocycles. The van der Waals surface area contributed by atoms with Gasteiger partial charge in [-0.2, -0.15) is 0 Å². The molecule has 1 atom stereocenters. The van der Waals surface area contributed by atoms with Gasteiger partial charge in [-0.25, -0.2) is 0 Å². The lowest BCUT2D eigenvalue weighted by molar-refractivity contribution is 0.0367. The van der Waals surface area contributed by atoms with Gasteiger partial charge < -0.3 is 19.9 Å². The van der Waals surface area contributed by atoms with Gasteiger partial charge in [0.1, 0.15) is 6.10 Å². The van der Waals surface area contributed by atoms with Crippen molar-refractivity contribution in [2.75, 3.05) is 40.8 Å². The van der Waals surface area contributed by atoms with E-state index in [4.69, 9.17) is 9.47 Å². The molecule has 0 aliphatic carbocycles. The zero-order chi connectivity index (χ0) is 13.8. The Labute approximate surface area is 114 Å². The van der Waals surface area contributed by atoms with Gasteiger partial charge in [-0.1, -0.05) is 6.07 Å². The molecular formula is C14H22N2O3. The van der Waals surface area contributed by atoms with Gasteiger partial charge in [0.25, 0.3) is 0 Å². The van der Waals surface area contributed by atoms with Crippen molar-refractivity contribution in [3.63, 3.8) is 0 Å². The summed E-state index contributed by atoms with van der Waals surface area (Å²) in [6.45, 7) is 2.36. The summed E-state index contributed by atoms with van der Waals surface area (Å²) in [5.74, 6) is 1.41. The van der Waals surface area contributed by atoms with Crippen molar-refractivity contribution in [2.24, 2.45) is 0 Å². The van der Waals surface area contributed by atoms with E-state index in [0.29, 0.717) is 18.0 Å². The number of hydrogen-bond acceptors (Lipinski definition) is 5. The van der Waals surface area contributed by atoms with Crippen LogP contribution in [-0.4, -0.2) is 56.9 Å². The number of aliphatic hydroxyl groups excluding tert-OH is 1. The molecule has 1 aliphatic heterocycles. The average molecular weight is 266 g/mol. The molecule has 1 aromatic rings. The molecule has 0 spiro atoms. The molecule has 19 heavy (non-hydrogen) atoms. The molecule has 0 bridgehead atoms. The van der Waals surface area contributed by atoms with Gasteiger partial charge in [0.15, 0.2) is 11.5 Å². The third kappa shape index (κ3) is 3.37. The molecule has 0 radical (unpaired) electrons. The molecule has 1 fully saturated rings. The zero-order valence-corrected chi connectivity index (χ0v) is 11.7. The van der Waals surface area contributed by atoms with E-state index in [1.807, 2.05) is 25.2 Å². The highest BCUT2D eigenvalue weighted by Gasteiger charge is 2.26. The monoisotopic (exact) mass is 266 g/mol. The average Bonchev–Trinajstić information content (AvgIpc) is 2.37. The number of nitrogens with zero attached hydrogens (tertiary/aromatic N) is 1. The number of nitrogens with one attached hydrogen (secondary N) is 1. The quantitative estimate of drug-likeness (QED) is 0.791. The van der Waals surface area contributed by atoms with Crippen LogP contribution in [0.1, 0.15) is 11.7 Å². The number of likely N-dealkylation sites (N-methyl/N-ethyl adjacent to an activating group) is 2. The number of methoxy groups -OCH3 is 1. The number of hydrogen-bond donors (Lipinski definition) is 2. The van der Waals surface area contributed by atoms with Crippen LogP contribution in [0.15, 0.2) is 18.2 Å². The van der Waals surface area contributed by atoms with E-state index in [1.54, 1.807) is 7.11 Å². The molecule has 1 aliphatic rings. The third-order valence-electron chi connectivity index (χ3n) is 3.29. The maximum absolute atomic E-state index is 9.99. The summed E-state index contributed by atoms with van der Waals surface area (Å²) in [4.78, 5) is 2.19. The van der Waals surface area contributed by atoms with E-state index < -0.39 is 6.10 Å². The van der Waals surface area contributed by atoms with Crippen molar-refractivity contribution in [2.45, 2.75) is 12.2 Å². The topological polar surface area (TPSA) is 54.0 Å². The first kappa shape index (κ1) is 14.1. The van der Waals surface area contributed by atoms with Gasteiger partial charge in [0.2, 0.25) is 0 Å². The van der Waals surface area contributed by atoms with E-state index in [9.17, 15) is 5.11 Å². The van der Waals surface area contributed by atoms with Gasteiger partial charge in [-0.3, -0.25) is 4.90 Å². The van der Waals surface area contributed by atoms with Crippen molar-refractivity contribution >= 4 is 0 Å². The predicted molar refractivity (Wildman–Crippen MR) is 73.8 cm³/mol. The van der Waals surface area contributed by atoms with Gasteiger partial charge in [-0.05, 0) is 31.8 Å². The maximum Gasteiger partial charge on any atom is 0.162 e. The fraction of sp³-hybridized carbons (Fsp3) is 0.571. The number of aliphatic hydroxyl groups is 1. The molecule has 2 N–H and O–H groups in total.